The van der Waals surface area contributed by atoms with Gasteiger partial charge in [-0.1, -0.05) is 106 Å². The van der Waals surface area contributed by atoms with E-state index in [1.165, 1.54) is 66.9 Å². The van der Waals surface area contributed by atoms with E-state index in [9.17, 15) is 0 Å². The van der Waals surface area contributed by atoms with Crippen molar-refractivity contribution in [3.63, 3.8) is 0 Å². The molecule has 0 amide bonds. The number of hydrogen-bond acceptors (Lipinski definition) is 1. The van der Waals surface area contributed by atoms with Gasteiger partial charge in [0.1, 0.15) is 0 Å². The fourth-order valence-corrected chi connectivity index (χ4v) is 8.41. The molecule has 6 aromatic rings. The van der Waals surface area contributed by atoms with Crippen molar-refractivity contribution in [2.75, 3.05) is 4.90 Å². The van der Waals surface area contributed by atoms with Gasteiger partial charge >= 0.3 is 0 Å². The maximum Gasteiger partial charge on any atom is 0.0537 e. The average molecular weight is 621 g/mol. The maximum atomic E-state index is 2.48. The van der Waals surface area contributed by atoms with E-state index < -0.39 is 0 Å². The highest BCUT2D eigenvalue weighted by atomic mass is 15.1. The summed E-state index contributed by atoms with van der Waals surface area (Å²) >= 11 is 0. The maximum absolute atomic E-state index is 2.48. The molecule has 0 radical (unpaired) electrons. The Morgan fingerprint density at radius 1 is 0.708 bits per heavy atom. The molecule has 1 unspecified atom stereocenters. The summed E-state index contributed by atoms with van der Waals surface area (Å²) in [6, 6.07) is 43.0. The smallest absolute Gasteiger partial charge is 0.0537 e. The quantitative estimate of drug-likeness (QED) is 0.186. The zero-order valence-electron chi connectivity index (χ0n) is 27.9. The van der Waals surface area contributed by atoms with E-state index in [0.29, 0.717) is 5.92 Å². The molecule has 2 heteroatoms. The number of aromatic nitrogens is 1. The minimum Gasteiger partial charge on any atom is -0.310 e. The van der Waals surface area contributed by atoms with Crippen LogP contribution in [0.15, 0.2) is 140 Å². The Hall–Kier alpha value is -5.34. The Labute approximate surface area is 284 Å². The molecular formula is C46H40N2. The number of aryl methyl sites for hydroxylation is 1. The van der Waals surface area contributed by atoms with E-state index in [1.807, 2.05) is 0 Å². The molecule has 0 N–H and O–H groups in total. The second kappa shape index (κ2) is 11.1. The van der Waals surface area contributed by atoms with Crippen molar-refractivity contribution in [1.82, 2.24) is 4.57 Å². The summed E-state index contributed by atoms with van der Waals surface area (Å²) in [5.74, 6) is 0.533. The third kappa shape index (κ3) is 4.47. The van der Waals surface area contributed by atoms with E-state index >= 15 is 0 Å². The molecule has 0 fully saturated rings. The van der Waals surface area contributed by atoms with Gasteiger partial charge in [0, 0.05) is 39.2 Å². The topological polar surface area (TPSA) is 8.17 Å². The van der Waals surface area contributed by atoms with Crippen molar-refractivity contribution in [2.45, 2.75) is 45.4 Å². The Bertz CT molecular complexity index is 2290. The molecule has 1 heterocycles. The molecule has 0 bridgehead atoms. The summed E-state index contributed by atoms with van der Waals surface area (Å²) in [6.45, 7) is 7.10. The standard InChI is InChI=1S/C46H40N2/c1-31-13-7-8-16-37(31)32-21-23-34(24-22-32)47(33-14-5-4-6-15-33)35-25-27-38-39-28-26-36(30-43(39)46(2,3)42(38)29-35)48-44-19-11-9-17-40(44)41-18-10-12-20-45(41)48/h4-9,11-12,14-17,19-31H,10,13,18H2,1-3H3. The van der Waals surface area contributed by atoms with Crippen molar-refractivity contribution >= 4 is 39.6 Å². The summed E-state index contributed by atoms with van der Waals surface area (Å²) in [5, 5.41) is 1.38. The third-order valence-corrected chi connectivity index (χ3v) is 10.9. The van der Waals surface area contributed by atoms with Crippen LogP contribution >= 0.6 is 0 Å². The summed E-state index contributed by atoms with van der Waals surface area (Å²) < 4.78 is 2.48. The van der Waals surface area contributed by atoms with Gasteiger partial charge in [0.05, 0.1) is 5.52 Å². The molecule has 0 aliphatic heterocycles. The minimum atomic E-state index is -0.154. The van der Waals surface area contributed by atoms with Gasteiger partial charge in [0.25, 0.3) is 0 Å². The Morgan fingerprint density at radius 2 is 1.42 bits per heavy atom. The number of anilines is 3. The number of nitrogens with zero attached hydrogens (tertiary/aromatic N) is 2. The van der Waals surface area contributed by atoms with Crippen molar-refractivity contribution in [1.29, 1.82) is 0 Å². The number of para-hydroxylation sites is 2. The van der Waals surface area contributed by atoms with Crippen LogP contribution in [-0.2, 0) is 11.8 Å². The highest BCUT2D eigenvalue weighted by Gasteiger charge is 2.36. The van der Waals surface area contributed by atoms with Crippen molar-refractivity contribution in [2.24, 2.45) is 5.92 Å². The van der Waals surface area contributed by atoms with E-state index in [-0.39, 0.29) is 5.41 Å². The number of hydrogen-bond donors (Lipinski definition) is 0. The second-order valence-corrected chi connectivity index (χ2v) is 14.1. The van der Waals surface area contributed by atoms with E-state index in [2.05, 4.69) is 176 Å². The number of allylic oxidation sites excluding steroid dienone is 5. The first-order chi connectivity index (χ1) is 23.5. The molecule has 234 valence electrons. The first-order valence-electron chi connectivity index (χ1n) is 17.4. The molecule has 48 heavy (non-hydrogen) atoms. The van der Waals surface area contributed by atoms with Crippen LogP contribution in [0.4, 0.5) is 17.1 Å². The molecular weight excluding hydrogens is 581 g/mol. The lowest BCUT2D eigenvalue weighted by Gasteiger charge is -2.28. The summed E-state index contributed by atoms with van der Waals surface area (Å²) in [7, 11) is 0. The summed E-state index contributed by atoms with van der Waals surface area (Å²) in [6.07, 6.45) is 14.7. The van der Waals surface area contributed by atoms with Crippen LogP contribution in [0.25, 0.3) is 39.4 Å². The molecule has 3 aliphatic rings. The van der Waals surface area contributed by atoms with Crippen LogP contribution in [-0.4, -0.2) is 4.57 Å². The summed E-state index contributed by atoms with van der Waals surface area (Å²) in [5.41, 5.74) is 16.8. The number of benzene rings is 5. The van der Waals surface area contributed by atoms with Crippen molar-refractivity contribution in [3.05, 3.63) is 168 Å². The van der Waals surface area contributed by atoms with Crippen LogP contribution in [0.3, 0.4) is 0 Å². The van der Waals surface area contributed by atoms with E-state index in [0.717, 1.165) is 30.6 Å². The van der Waals surface area contributed by atoms with Crippen LogP contribution in [0.2, 0.25) is 0 Å². The average Bonchev–Trinajstić information content (AvgIpc) is 3.58. The predicted octanol–water partition coefficient (Wildman–Crippen LogP) is 12.3. The minimum absolute atomic E-state index is 0.154. The fraction of sp³-hybridized carbons (Fsp3) is 0.174. The largest absolute Gasteiger partial charge is 0.310 e. The van der Waals surface area contributed by atoms with Crippen LogP contribution in [0.1, 0.15) is 61.6 Å². The van der Waals surface area contributed by atoms with Crippen molar-refractivity contribution < 1.29 is 0 Å². The SMILES string of the molecule is CC1CC=CC=C1c1ccc(N(c2ccccc2)c2ccc3c(c2)C(C)(C)c2cc(-n4c5c(c6ccccc64)CCC=C5)ccc2-3)cc1. The fourth-order valence-electron chi connectivity index (χ4n) is 8.41. The van der Waals surface area contributed by atoms with Crippen LogP contribution < -0.4 is 4.90 Å². The van der Waals surface area contributed by atoms with Gasteiger partial charge in [-0.2, -0.15) is 0 Å². The lowest BCUT2D eigenvalue weighted by molar-refractivity contribution is 0.660. The molecule has 0 saturated carbocycles. The van der Waals surface area contributed by atoms with Gasteiger partial charge in [-0.15, -0.1) is 0 Å². The van der Waals surface area contributed by atoms with E-state index in [4.69, 9.17) is 0 Å². The van der Waals surface area contributed by atoms with Crippen molar-refractivity contribution in [3.8, 4) is 16.8 Å². The lowest BCUT2D eigenvalue weighted by Crippen LogP contribution is -2.17. The van der Waals surface area contributed by atoms with Gasteiger partial charge in [-0.3, -0.25) is 0 Å². The van der Waals surface area contributed by atoms with Gasteiger partial charge < -0.3 is 9.47 Å². The number of rotatable bonds is 5. The first-order valence-corrected chi connectivity index (χ1v) is 17.4. The monoisotopic (exact) mass is 620 g/mol. The Kier molecular flexibility index (Phi) is 6.69. The van der Waals surface area contributed by atoms with Gasteiger partial charge in [-0.05, 0) is 125 Å². The molecule has 3 aliphatic carbocycles. The predicted molar refractivity (Wildman–Crippen MR) is 204 cm³/mol. The normalized spacial score (nSPS) is 17.1. The molecule has 0 spiro atoms. The summed E-state index contributed by atoms with van der Waals surface area (Å²) in [4.78, 5) is 2.40. The first kappa shape index (κ1) is 28.8. The van der Waals surface area contributed by atoms with Gasteiger partial charge in [-0.25, -0.2) is 0 Å². The van der Waals surface area contributed by atoms with Gasteiger partial charge in [0.2, 0.25) is 0 Å². The molecule has 9 rings (SSSR count). The zero-order valence-corrected chi connectivity index (χ0v) is 27.9. The Balaban J connectivity index is 1.13. The van der Waals surface area contributed by atoms with Crippen LogP contribution in [0.5, 0.6) is 0 Å². The molecule has 0 saturated heterocycles. The molecule has 5 aromatic carbocycles. The third-order valence-electron chi connectivity index (χ3n) is 10.9. The zero-order chi connectivity index (χ0) is 32.4. The Morgan fingerprint density at radius 3 is 2.23 bits per heavy atom. The molecule has 2 nitrogen and oxygen atoms in total. The second-order valence-electron chi connectivity index (χ2n) is 14.1. The lowest BCUT2D eigenvalue weighted by atomic mass is 9.82. The number of fused-ring (bicyclic) bond motifs is 6. The van der Waals surface area contributed by atoms with Crippen LogP contribution in [0, 0.1) is 5.92 Å². The highest BCUT2D eigenvalue weighted by molar-refractivity contribution is 5.92. The molecule has 1 aromatic heterocycles. The van der Waals surface area contributed by atoms with Gasteiger partial charge in [0.15, 0.2) is 0 Å². The highest BCUT2D eigenvalue weighted by Crippen LogP contribution is 2.51. The van der Waals surface area contributed by atoms with E-state index in [1.54, 1.807) is 0 Å². The molecule has 1 atom stereocenters.